The molecule has 0 aliphatic carbocycles. The Morgan fingerprint density at radius 2 is 2.23 bits per heavy atom. The zero-order valence-corrected chi connectivity index (χ0v) is 8.65. The van der Waals surface area contributed by atoms with E-state index in [1.807, 2.05) is 31.4 Å². The Kier molecular flexibility index (Phi) is 3.51. The van der Waals surface area contributed by atoms with Crippen molar-refractivity contribution in [3.05, 3.63) is 29.3 Å². The molecule has 3 heteroatoms. The van der Waals surface area contributed by atoms with Crippen molar-refractivity contribution in [3.8, 4) is 0 Å². The Morgan fingerprint density at radius 3 is 2.77 bits per heavy atom. The van der Waals surface area contributed by atoms with Crippen molar-refractivity contribution in [2.45, 2.75) is 11.8 Å². The van der Waals surface area contributed by atoms with Crippen molar-refractivity contribution in [3.63, 3.8) is 0 Å². The standard InChI is InChI=1S/C10H13NOS/c1-7-3-4-8(13-2)5-9(7)10(12)6-11/h3-5H,6,11H2,1-2H3. The topological polar surface area (TPSA) is 43.1 Å². The molecule has 0 saturated heterocycles. The van der Waals surface area contributed by atoms with Gasteiger partial charge in [0.1, 0.15) is 0 Å². The van der Waals surface area contributed by atoms with Gasteiger partial charge in [0.25, 0.3) is 0 Å². The van der Waals surface area contributed by atoms with Crippen LogP contribution in [0, 0.1) is 6.92 Å². The summed E-state index contributed by atoms with van der Waals surface area (Å²) in [7, 11) is 0. The molecule has 1 aromatic carbocycles. The van der Waals surface area contributed by atoms with Crippen LogP contribution in [0.25, 0.3) is 0 Å². The molecule has 70 valence electrons. The summed E-state index contributed by atoms with van der Waals surface area (Å²) in [6.07, 6.45) is 1.99. The van der Waals surface area contributed by atoms with Crippen molar-refractivity contribution in [2.75, 3.05) is 12.8 Å². The molecule has 0 aliphatic heterocycles. The van der Waals surface area contributed by atoms with Crippen LogP contribution in [-0.2, 0) is 0 Å². The van der Waals surface area contributed by atoms with Gasteiger partial charge in [-0.3, -0.25) is 4.79 Å². The molecule has 0 aliphatic rings. The van der Waals surface area contributed by atoms with E-state index in [9.17, 15) is 4.79 Å². The highest BCUT2D eigenvalue weighted by Crippen LogP contribution is 2.19. The number of thioether (sulfide) groups is 1. The number of aryl methyl sites for hydroxylation is 1. The van der Waals surface area contributed by atoms with Crippen LogP contribution in [-0.4, -0.2) is 18.6 Å². The maximum absolute atomic E-state index is 11.4. The second-order valence-corrected chi connectivity index (χ2v) is 3.69. The lowest BCUT2D eigenvalue weighted by Crippen LogP contribution is -2.14. The van der Waals surface area contributed by atoms with Crippen LogP contribution in [0.1, 0.15) is 15.9 Å². The Bertz CT molecular complexity index is 323. The lowest BCUT2D eigenvalue weighted by Gasteiger charge is -2.04. The summed E-state index contributed by atoms with van der Waals surface area (Å²) in [5.41, 5.74) is 7.05. The number of Topliss-reactive ketones (excluding diaryl/α,β-unsaturated/α-hetero) is 1. The lowest BCUT2D eigenvalue weighted by atomic mass is 10.1. The van der Waals surface area contributed by atoms with Gasteiger partial charge >= 0.3 is 0 Å². The molecule has 1 rings (SSSR count). The van der Waals surface area contributed by atoms with Crippen molar-refractivity contribution in [1.82, 2.24) is 0 Å². The second-order valence-electron chi connectivity index (χ2n) is 2.81. The van der Waals surface area contributed by atoms with Gasteiger partial charge in [-0.25, -0.2) is 0 Å². The molecule has 0 heterocycles. The molecule has 0 bridgehead atoms. The predicted octanol–water partition coefficient (Wildman–Crippen LogP) is 1.86. The Morgan fingerprint density at radius 1 is 1.54 bits per heavy atom. The van der Waals surface area contributed by atoms with Crippen LogP contribution in [0.4, 0.5) is 0 Å². The van der Waals surface area contributed by atoms with Gasteiger partial charge in [0.15, 0.2) is 5.78 Å². The number of carbonyl (C=O) groups is 1. The van der Waals surface area contributed by atoms with Gasteiger partial charge < -0.3 is 5.73 Å². The zero-order valence-electron chi connectivity index (χ0n) is 7.83. The van der Waals surface area contributed by atoms with Crippen molar-refractivity contribution >= 4 is 17.5 Å². The second kappa shape index (κ2) is 4.44. The third-order valence-electron chi connectivity index (χ3n) is 1.93. The number of hydrogen-bond acceptors (Lipinski definition) is 3. The molecule has 0 unspecified atom stereocenters. The number of rotatable bonds is 3. The average molecular weight is 195 g/mol. The fourth-order valence-corrected chi connectivity index (χ4v) is 1.58. The minimum absolute atomic E-state index is 0.00778. The van der Waals surface area contributed by atoms with Crippen molar-refractivity contribution in [2.24, 2.45) is 5.73 Å². The van der Waals surface area contributed by atoms with Gasteiger partial charge in [-0.05, 0) is 30.9 Å². The van der Waals surface area contributed by atoms with E-state index in [1.54, 1.807) is 11.8 Å². The number of carbonyl (C=O) groups excluding carboxylic acids is 1. The van der Waals surface area contributed by atoms with E-state index in [0.717, 1.165) is 16.0 Å². The maximum atomic E-state index is 11.4. The zero-order chi connectivity index (χ0) is 9.84. The minimum Gasteiger partial charge on any atom is -0.324 e. The lowest BCUT2D eigenvalue weighted by molar-refractivity contribution is 0.100. The number of ketones is 1. The maximum Gasteiger partial charge on any atom is 0.176 e. The first kappa shape index (κ1) is 10.3. The molecular weight excluding hydrogens is 182 g/mol. The van der Waals surface area contributed by atoms with E-state index in [0.29, 0.717) is 0 Å². The van der Waals surface area contributed by atoms with E-state index in [4.69, 9.17) is 5.73 Å². The van der Waals surface area contributed by atoms with Crippen LogP contribution in [0.5, 0.6) is 0 Å². The summed E-state index contributed by atoms with van der Waals surface area (Å²) >= 11 is 1.63. The Labute approximate surface area is 82.5 Å². The molecule has 13 heavy (non-hydrogen) atoms. The van der Waals surface area contributed by atoms with Crippen LogP contribution in [0.2, 0.25) is 0 Å². The summed E-state index contributed by atoms with van der Waals surface area (Å²) in [5, 5.41) is 0. The molecule has 0 atom stereocenters. The fraction of sp³-hybridized carbons (Fsp3) is 0.300. The molecule has 0 fully saturated rings. The monoisotopic (exact) mass is 195 g/mol. The normalized spacial score (nSPS) is 10.1. The highest BCUT2D eigenvalue weighted by atomic mass is 32.2. The molecule has 0 amide bonds. The molecule has 0 spiro atoms. The van der Waals surface area contributed by atoms with Crippen LogP contribution in [0.3, 0.4) is 0 Å². The number of hydrogen-bond donors (Lipinski definition) is 1. The minimum atomic E-state index is 0.00778. The summed E-state index contributed by atoms with van der Waals surface area (Å²) in [6, 6.07) is 5.86. The summed E-state index contributed by atoms with van der Waals surface area (Å²) in [6.45, 7) is 2.01. The molecule has 0 saturated carbocycles. The summed E-state index contributed by atoms with van der Waals surface area (Å²) in [5.74, 6) is 0.00778. The highest BCUT2D eigenvalue weighted by Gasteiger charge is 2.07. The van der Waals surface area contributed by atoms with Crippen LogP contribution in [0.15, 0.2) is 23.1 Å². The average Bonchev–Trinajstić information content (AvgIpc) is 2.17. The third-order valence-corrected chi connectivity index (χ3v) is 2.66. The van der Waals surface area contributed by atoms with Gasteiger partial charge in [0.2, 0.25) is 0 Å². The first-order chi connectivity index (χ1) is 6.19. The van der Waals surface area contributed by atoms with Gasteiger partial charge in [0, 0.05) is 10.5 Å². The number of benzene rings is 1. The van der Waals surface area contributed by atoms with Gasteiger partial charge in [0.05, 0.1) is 6.54 Å². The molecular formula is C10H13NOS. The summed E-state index contributed by atoms with van der Waals surface area (Å²) in [4.78, 5) is 12.5. The third kappa shape index (κ3) is 2.32. The molecule has 0 radical (unpaired) electrons. The molecule has 0 aromatic heterocycles. The molecule has 2 nitrogen and oxygen atoms in total. The van der Waals surface area contributed by atoms with E-state index in [1.165, 1.54) is 0 Å². The first-order valence-electron chi connectivity index (χ1n) is 4.07. The van der Waals surface area contributed by atoms with Gasteiger partial charge in [-0.2, -0.15) is 0 Å². The predicted molar refractivity (Wildman–Crippen MR) is 56.3 cm³/mol. The first-order valence-corrected chi connectivity index (χ1v) is 5.29. The highest BCUT2D eigenvalue weighted by molar-refractivity contribution is 7.98. The fourth-order valence-electron chi connectivity index (χ4n) is 1.14. The van der Waals surface area contributed by atoms with Gasteiger partial charge in [-0.1, -0.05) is 6.07 Å². The Hall–Kier alpha value is -0.800. The van der Waals surface area contributed by atoms with E-state index in [2.05, 4.69) is 0 Å². The number of nitrogens with two attached hydrogens (primary N) is 1. The van der Waals surface area contributed by atoms with Crippen LogP contribution < -0.4 is 5.73 Å². The van der Waals surface area contributed by atoms with E-state index >= 15 is 0 Å². The van der Waals surface area contributed by atoms with Gasteiger partial charge in [-0.15, -0.1) is 11.8 Å². The van der Waals surface area contributed by atoms with Crippen LogP contribution >= 0.6 is 11.8 Å². The molecule has 1 aromatic rings. The van der Waals surface area contributed by atoms with Crippen molar-refractivity contribution in [1.29, 1.82) is 0 Å². The SMILES string of the molecule is CSc1ccc(C)c(C(=O)CN)c1. The van der Waals surface area contributed by atoms with E-state index < -0.39 is 0 Å². The smallest absolute Gasteiger partial charge is 0.176 e. The van der Waals surface area contributed by atoms with Crippen molar-refractivity contribution < 1.29 is 4.79 Å². The summed E-state index contributed by atoms with van der Waals surface area (Å²) < 4.78 is 0. The van der Waals surface area contributed by atoms with E-state index in [-0.39, 0.29) is 12.3 Å². The Balaban J connectivity index is 3.11. The largest absolute Gasteiger partial charge is 0.324 e. The quantitative estimate of drug-likeness (QED) is 0.591. The molecule has 2 N–H and O–H groups in total.